The highest BCUT2D eigenvalue weighted by Crippen LogP contribution is 2.36. The van der Waals surface area contributed by atoms with E-state index >= 15 is 0 Å². The van der Waals surface area contributed by atoms with E-state index in [0.717, 1.165) is 11.0 Å². The molecule has 10 heteroatoms. The second-order valence-electron chi connectivity index (χ2n) is 7.09. The summed E-state index contributed by atoms with van der Waals surface area (Å²) < 4.78 is 40.6. The van der Waals surface area contributed by atoms with Gasteiger partial charge in [0, 0.05) is 36.6 Å². The lowest BCUT2D eigenvalue weighted by molar-refractivity contribution is -0.115. The van der Waals surface area contributed by atoms with Crippen molar-refractivity contribution in [2.24, 2.45) is 0 Å². The van der Waals surface area contributed by atoms with Crippen LogP contribution in [0.4, 0.5) is 10.1 Å². The number of rotatable bonds is 3. The molecule has 2 aliphatic rings. The second kappa shape index (κ2) is 8.01. The minimum atomic E-state index is -3.96. The Morgan fingerprint density at radius 1 is 1.13 bits per heavy atom. The third-order valence-corrected chi connectivity index (χ3v) is 8.25. The molecule has 0 bridgehead atoms. The fourth-order valence-corrected chi connectivity index (χ4v) is 5.87. The van der Waals surface area contributed by atoms with E-state index in [-0.39, 0.29) is 48.1 Å². The van der Waals surface area contributed by atoms with E-state index in [9.17, 15) is 22.4 Å². The molecule has 1 fully saturated rings. The number of sulfonamides is 1. The number of halogens is 1. The fourth-order valence-electron chi connectivity index (χ4n) is 3.45. The summed E-state index contributed by atoms with van der Waals surface area (Å²) in [5, 5.41) is 2.61. The summed E-state index contributed by atoms with van der Waals surface area (Å²) >= 11 is 1.44. The first-order valence-corrected chi connectivity index (χ1v) is 11.7. The number of benzene rings is 2. The first kappa shape index (κ1) is 20.8. The van der Waals surface area contributed by atoms with Gasteiger partial charge in [0.15, 0.2) is 0 Å². The van der Waals surface area contributed by atoms with Gasteiger partial charge in [0.05, 0.1) is 10.9 Å². The summed E-state index contributed by atoms with van der Waals surface area (Å²) in [6.45, 7) is 2.37. The molecule has 0 radical (unpaired) electrons. The Morgan fingerprint density at radius 2 is 1.83 bits per heavy atom. The molecule has 2 aliphatic heterocycles. The van der Waals surface area contributed by atoms with Gasteiger partial charge in [-0.3, -0.25) is 9.59 Å². The van der Waals surface area contributed by atoms with Gasteiger partial charge in [0.2, 0.25) is 15.9 Å². The van der Waals surface area contributed by atoms with Gasteiger partial charge in [0.25, 0.3) is 5.91 Å². The van der Waals surface area contributed by atoms with Crippen LogP contribution in [0.5, 0.6) is 0 Å². The maximum atomic E-state index is 14.0. The minimum absolute atomic E-state index is 0.0808. The Kier molecular flexibility index (Phi) is 5.56. The molecule has 0 aromatic heterocycles. The largest absolute Gasteiger partial charge is 0.336 e. The van der Waals surface area contributed by atoms with Gasteiger partial charge in [-0.1, -0.05) is 12.1 Å². The van der Waals surface area contributed by atoms with Gasteiger partial charge < -0.3 is 10.2 Å². The van der Waals surface area contributed by atoms with Crippen LogP contribution in [0.1, 0.15) is 17.3 Å². The van der Waals surface area contributed by atoms with Crippen molar-refractivity contribution >= 4 is 39.3 Å². The first-order valence-electron chi connectivity index (χ1n) is 9.43. The monoisotopic (exact) mass is 449 g/mol. The molecule has 1 saturated heterocycles. The second-order valence-corrected chi connectivity index (χ2v) is 10.4. The molecule has 0 saturated carbocycles. The zero-order valence-electron chi connectivity index (χ0n) is 16.2. The number of hydrogen-bond donors (Lipinski definition) is 1. The molecule has 2 heterocycles. The van der Waals surface area contributed by atoms with E-state index in [1.807, 2.05) is 13.0 Å². The SMILES string of the molecule is C[C@H]1Sc2ccc(C(=O)N3CCN(S(=O)(=O)c4ccccc4F)CC3)cc2NC1=O. The minimum Gasteiger partial charge on any atom is -0.336 e. The Morgan fingerprint density at radius 3 is 2.53 bits per heavy atom. The summed E-state index contributed by atoms with van der Waals surface area (Å²) in [7, 11) is -3.96. The van der Waals surface area contributed by atoms with Crippen molar-refractivity contribution in [2.45, 2.75) is 22.0 Å². The molecule has 30 heavy (non-hydrogen) atoms. The van der Waals surface area contributed by atoms with Crippen LogP contribution in [0.15, 0.2) is 52.3 Å². The topological polar surface area (TPSA) is 86.8 Å². The van der Waals surface area contributed by atoms with Crippen molar-refractivity contribution in [1.29, 1.82) is 0 Å². The molecule has 1 atom stereocenters. The number of thioether (sulfide) groups is 1. The highest BCUT2D eigenvalue weighted by Gasteiger charge is 2.32. The molecular formula is C20H20FN3O4S2. The quantitative estimate of drug-likeness (QED) is 0.778. The van der Waals surface area contributed by atoms with Crippen LogP contribution >= 0.6 is 11.8 Å². The lowest BCUT2D eigenvalue weighted by Crippen LogP contribution is -2.50. The van der Waals surface area contributed by atoms with E-state index in [1.54, 1.807) is 17.0 Å². The summed E-state index contributed by atoms with van der Waals surface area (Å²) in [6.07, 6.45) is 0. The zero-order valence-corrected chi connectivity index (χ0v) is 17.8. The van der Waals surface area contributed by atoms with E-state index < -0.39 is 15.8 Å². The van der Waals surface area contributed by atoms with Crippen LogP contribution in [-0.4, -0.2) is 60.9 Å². The van der Waals surface area contributed by atoms with Crippen LogP contribution in [0.3, 0.4) is 0 Å². The summed E-state index contributed by atoms with van der Waals surface area (Å²) in [6, 6.07) is 10.4. The van der Waals surface area contributed by atoms with Crippen molar-refractivity contribution in [2.75, 3.05) is 31.5 Å². The van der Waals surface area contributed by atoms with Crippen LogP contribution in [0.2, 0.25) is 0 Å². The maximum Gasteiger partial charge on any atom is 0.254 e. The van der Waals surface area contributed by atoms with E-state index in [2.05, 4.69) is 5.32 Å². The molecule has 2 aromatic carbocycles. The first-order chi connectivity index (χ1) is 14.3. The highest BCUT2D eigenvalue weighted by molar-refractivity contribution is 8.01. The average molecular weight is 450 g/mol. The normalized spacial score (nSPS) is 19.9. The number of piperazine rings is 1. The average Bonchev–Trinajstić information content (AvgIpc) is 2.74. The van der Waals surface area contributed by atoms with Crippen molar-refractivity contribution in [1.82, 2.24) is 9.21 Å². The van der Waals surface area contributed by atoms with Crippen molar-refractivity contribution < 1.29 is 22.4 Å². The molecule has 0 spiro atoms. The number of anilines is 1. The summed E-state index contributed by atoms with van der Waals surface area (Å²) in [4.78, 5) is 26.9. The Bertz CT molecular complexity index is 1110. The summed E-state index contributed by atoms with van der Waals surface area (Å²) in [5.74, 6) is -1.14. The fraction of sp³-hybridized carbons (Fsp3) is 0.300. The Balaban J connectivity index is 1.46. The number of amides is 2. The third kappa shape index (κ3) is 3.82. The number of carbonyl (C=O) groups excluding carboxylic acids is 2. The van der Waals surface area contributed by atoms with Crippen LogP contribution in [-0.2, 0) is 14.8 Å². The molecule has 1 N–H and O–H groups in total. The Labute approximate surface area is 178 Å². The number of nitrogens with one attached hydrogen (secondary N) is 1. The molecule has 0 aliphatic carbocycles. The predicted octanol–water partition coefficient (Wildman–Crippen LogP) is 2.41. The predicted molar refractivity (Wildman–Crippen MR) is 111 cm³/mol. The third-order valence-electron chi connectivity index (χ3n) is 5.14. The highest BCUT2D eigenvalue weighted by atomic mass is 32.2. The van der Waals surface area contributed by atoms with Gasteiger partial charge in [-0.15, -0.1) is 11.8 Å². The number of carbonyl (C=O) groups is 2. The van der Waals surface area contributed by atoms with E-state index in [1.165, 1.54) is 34.3 Å². The van der Waals surface area contributed by atoms with Gasteiger partial charge >= 0.3 is 0 Å². The molecular weight excluding hydrogens is 429 g/mol. The lowest BCUT2D eigenvalue weighted by Gasteiger charge is -2.34. The van der Waals surface area contributed by atoms with Gasteiger partial charge in [-0.25, -0.2) is 12.8 Å². The lowest BCUT2D eigenvalue weighted by atomic mass is 10.1. The zero-order chi connectivity index (χ0) is 21.5. The van der Waals surface area contributed by atoms with E-state index in [0.29, 0.717) is 11.3 Å². The molecule has 2 amide bonds. The standard InChI is InChI=1S/C20H20FN3O4S2/c1-13-19(25)22-16-12-14(6-7-17(16)29-13)20(26)23-8-10-24(11-9-23)30(27,28)18-5-3-2-4-15(18)21/h2-7,12-13H,8-11H2,1H3,(H,22,25)/t13-/m1/s1. The number of hydrogen-bond acceptors (Lipinski definition) is 5. The van der Waals surface area contributed by atoms with Crippen molar-refractivity contribution in [3.8, 4) is 0 Å². The number of fused-ring (bicyclic) bond motifs is 1. The summed E-state index contributed by atoms with van der Waals surface area (Å²) in [5.41, 5.74) is 1.03. The van der Waals surface area contributed by atoms with Gasteiger partial charge in [-0.2, -0.15) is 4.31 Å². The van der Waals surface area contributed by atoms with Crippen molar-refractivity contribution in [3.63, 3.8) is 0 Å². The molecule has 0 unspecified atom stereocenters. The maximum absolute atomic E-state index is 14.0. The van der Waals surface area contributed by atoms with Crippen LogP contribution in [0.25, 0.3) is 0 Å². The molecule has 158 valence electrons. The van der Waals surface area contributed by atoms with Crippen LogP contribution < -0.4 is 5.32 Å². The molecule has 2 aromatic rings. The van der Waals surface area contributed by atoms with Gasteiger partial charge in [0.1, 0.15) is 10.7 Å². The smallest absolute Gasteiger partial charge is 0.254 e. The molecule has 4 rings (SSSR count). The molecule has 7 nitrogen and oxygen atoms in total. The van der Waals surface area contributed by atoms with Crippen LogP contribution in [0, 0.1) is 5.82 Å². The van der Waals surface area contributed by atoms with E-state index in [4.69, 9.17) is 0 Å². The Hall–Kier alpha value is -2.43. The van der Waals surface area contributed by atoms with Gasteiger partial charge in [-0.05, 0) is 37.3 Å². The number of nitrogens with zero attached hydrogens (tertiary/aromatic N) is 2. The van der Waals surface area contributed by atoms with Crippen molar-refractivity contribution in [3.05, 3.63) is 53.8 Å².